The van der Waals surface area contributed by atoms with Gasteiger partial charge < -0.3 is 15.0 Å². The van der Waals surface area contributed by atoms with Crippen molar-refractivity contribution in [1.82, 2.24) is 10.2 Å². The molecule has 2 atom stereocenters. The summed E-state index contributed by atoms with van der Waals surface area (Å²) in [7, 11) is 0. The number of nitrogens with one attached hydrogen (secondary N) is 1. The lowest BCUT2D eigenvalue weighted by molar-refractivity contribution is -0.133. The van der Waals surface area contributed by atoms with E-state index in [2.05, 4.69) is 29.6 Å². The Balaban J connectivity index is 1.53. The maximum atomic E-state index is 13.1. The zero-order valence-electron chi connectivity index (χ0n) is 20.4. The third-order valence-electron chi connectivity index (χ3n) is 6.42. The second-order valence-electron chi connectivity index (χ2n) is 8.97. The fourth-order valence-electron chi connectivity index (χ4n) is 4.44. The molecule has 0 aromatic heterocycles. The third kappa shape index (κ3) is 5.70. The van der Waals surface area contributed by atoms with Gasteiger partial charge in [0.25, 0.3) is 5.91 Å². The summed E-state index contributed by atoms with van der Waals surface area (Å²) >= 11 is 0. The molecule has 35 heavy (non-hydrogen) atoms. The number of nitrogens with zero attached hydrogens (tertiary/aromatic N) is 1. The van der Waals surface area contributed by atoms with Crippen LogP contribution in [0.15, 0.2) is 66.7 Å². The Bertz CT molecular complexity index is 1190. The number of fused-ring (bicyclic) bond motifs is 1. The second kappa shape index (κ2) is 10.7. The lowest BCUT2D eigenvalue weighted by Crippen LogP contribution is -2.40. The van der Waals surface area contributed by atoms with Crippen LogP contribution >= 0.6 is 0 Å². The molecule has 0 aliphatic carbocycles. The molecule has 0 spiro atoms. The van der Waals surface area contributed by atoms with Crippen LogP contribution in [0.4, 0.5) is 4.39 Å². The maximum Gasteiger partial charge on any atom is 0.261 e. The van der Waals surface area contributed by atoms with Crippen LogP contribution in [-0.2, 0) is 22.6 Å². The van der Waals surface area contributed by atoms with Crippen molar-refractivity contribution in [1.29, 1.82) is 0 Å². The van der Waals surface area contributed by atoms with Crippen LogP contribution in [0.5, 0.6) is 5.75 Å². The topological polar surface area (TPSA) is 58.6 Å². The van der Waals surface area contributed by atoms with E-state index in [1.165, 1.54) is 17.7 Å². The summed E-state index contributed by atoms with van der Waals surface area (Å²) in [5.41, 5.74) is 5.23. The van der Waals surface area contributed by atoms with Gasteiger partial charge in [-0.3, -0.25) is 9.59 Å². The molecule has 182 valence electrons. The highest BCUT2D eigenvalue weighted by atomic mass is 19.1. The standard InChI is InChI=1S/C29H31FN2O3/c1-4-27(33)32-16-15-22-11-14-25(17-26(22)28(32)23-9-5-19(2)6-10-23)35-20(3)29(34)31-18-21-7-12-24(30)13-8-21/h5-14,17,20,28H,4,15-16,18H2,1-3H3,(H,31,34)/t20-,28+/m0/s1. The molecule has 0 saturated carbocycles. The maximum absolute atomic E-state index is 13.1. The van der Waals surface area contributed by atoms with Gasteiger partial charge in [-0.05, 0) is 66.8 Å². The average Bonchev–Trinajstić information content (AvgIpc) is 2.87. The highest BCUT2D eigenvalue weighted by Crippen LogP contribution is 2.37. The first-order valence-corrected chi connectivity index (χ1v) is 12.0. The summed E-state index contributed by atoms with van der Waals surface area (Å²) in [5.74, 6) is 0.120. The van der Waals surface area contributed by atoms with E-state index in [0.717, 1.165) is 28.7 Å². The van der Waals surface area contributed by atoms with Gasteiger partial charge in [0.15, 0.2) is 6.10 Å². The summed E-state index contributed by atoms with van der Waals surface area (Å²) in [6.07, 6.45) is 0.500. The summed E-state index contributed by atoms with van der Waals surface area (Å²) in [5, 5.41) is 2.83. The highest BCUT2D eigenvalue weighted by Gasteiger charge is 2.32. The Morgan fingerprint density at radius 2 is 1.80 bits per heavy atom. The summed E-state index contributed by atoms with van der Waals surface area (Å²) < 4.78 is 19.1. The minimum atomic E-state index is -0.719. The van der Waals surface area contributed by atoms with Crippen molar-refractivity contribution >= 4 is 11.8 Å². The van der Waals surface area contributed by atoms with Gasteiger partial charge in [0, 0.05) is 19.5 Å². The normalized spacial score (nSPS) is 15.8. The number of rotatable bonds is 7. The van der Waals surface area contributed by atoms with E-state index >= 15 is 0 Å². The van der Waals surface area contributed by atoms with Crippen LogP contribution in [0.2, 0.25) is 0 Å². The monoisotopic (exact) mass is 474 g/mol. The predicted molar refractivity (Wildman–Crippen MR) is 134 cm³/mol. The Morgan fingerprint density at radius 3 is 2.49 bits per heavy atom. The minimum Gasteiger partial charge on any atom is -0.481 e. The van der Waals surface area contributed by atoms with Gasteiger partial charge in [-0.2, -0.15) is 0 Å². The van der Waals surface area contributed by atoms with Crippen LogP contribution in [0.3, 0.4) is 0 Å². The number of ether oxygens (including phenoxy) is 1. The Kier molecular flexibility index (Phi) is 7.49. The van der Waals surface area contributed by atoms with E-state index in [1.54, 1.807) is 19.1 Å². The van der Waals surface area contributed by atoms with Gasteiger partial charge >= 0.3 is 0 Å². The molecule has 0 unspecified atom stereocenters. The smallest absolute Gasteiger partial charge is 0.261 e. The highest BCUT2D eigenvalue weighted by molar-refractivity contribution is 5.80. The van der Waals surface area contributed by atoms with Crippen molar-refractivity contribution in [2.75, 3.05) is 6.54 Å². The molecule has 3 aromatic carbocycles. The van der Waals surface area contributed by atoms with Crippen LogP contribution in [0.1, 0.15) is 54.1 Å². The molecule has 1 aliphatic heterocycles. The number of carbonyl (C=O) groups is 2. The molecule has 2 amide bonds. The van der Waals surface area contributed by atoms with Crippen LogP contribution < -0.4 is 10.1 Å². The van der Waals surface area contributed by atoms with Gasteiger partial charge in [0.1, 0.15) is 11.6 Å². The molecule has 1 heterocycles. The van der Waals surface area contributed by atoms with E-state index in [1.807, 2.05) is 36.9 Å². The summed E-state index contributed by atoms with van der Waals surface area (Å²) in [6, 6.07) is 20.0. The zero-order chi connectivity index (χ0) is 24.9. The summed E-state index contributed by atoms with van der Waals surface area (Å²) in [4.78, 5) is 27.4. The molecule has 0 fully saturated rings. The fourth-order valence-corrected chi connectivity index (χ4v) is 4.44. The third-order valence-corrected chi connectivity index (χ3v) is 6.42. The lowest BCUT2D eigenvalue weighted by atomic mass is 9.87. The van der Waals surface area contributed by atoms with Crippen LogP contribution in [0, 0.1) is 12.7 Å². The Morgan fingerprint density at radius 1 is 1.09 bits per heavy atom. The van der Waals surface area contributed by atoms with E-state index in [-0.39, 0.29) is 23.7 Å². The first kappa shape index (κ1) is 24.5. The molecule has 0 radical (unpaired) electrons. The Labute approximate surface area is 205 Å². The first-order chi connectivity index (χ1) is 16.9. The van der Waals surface area contributed by atoms with Crippen molar-refractivity contribution in [2.24, 2.45) is 0 Å². The molecular formula is C29H31FN2O3. The summed E-state index contributed by atoms with van der Waals surface area (Å²) in [6.45, 7) is 6.59. The lowest BCUT2D eigenvalue weighted by Gasteiger charge is -2.38. The zero-order valence-corrected chi connectivity index (χ0v) is 20.4. The number of halogens is 1. The van der Waals surface area contributed by atoms with Gasteiger partial charge in [0.2, 0.25) is 5.91 Å². The predicted octanol–water partition coefficient (Wildman–Crippen LogP) is 5.10. The SMILES string of the molecule is CCC(=O)N1CCc2ccc(O[C@@H](C)C(=O)NCc3ccc(F)cc3)cc2[C@H]1c1ccc(C)cc1. The molecule has 6 heteroatoms. The van der Waals surface area contributed by atoms with E-state index in [9.17, 15) is 14.0 Å². The van der Waals surface area contributed by atoms with Crippen molar-refractivity contribution in [3.63, 3.8) is 0 Å². The number of benzene rings is 3. The number of carbonyl (C=O) groups excluding carboxylic acids is 2. The molecule has 4 rings (SSSR count). The van der Waals surface area contributed by atoms with Crippen molar-refractivity contribution in [2.45, 2.75) is 52.3 Å². The van der Waals surface area contributed by atoms with Crippen molar-refractivity contribution in [3.05, 3.63) is 100 Å². The van der Waals surface area contributed by atoms with Crippen LogP contribution in [-0.4, -0.2) is 29.4 Å². The quantitative estimate of drug-likeness (QED) is 0.518. The molecular weight excluding hydrogens is 443 g/mol. The van der Waals surface area contributed by atoms with Gasteiger partial charge in [-0.1, -0.05) is 55.0 Å². The number of amides is 2. The van der Waals surface area contributed by atoms with Gasteiger partial charge in [-0.15, -0.1) is 0 Å². The second-order valence-corrected chi connectivity index (χ2v) is 8.97. The number of aryl methyl sites for hydroxylation is 1. The first-order valence-electron chi connectivity index (χ1n) is 12.0. The minimum absolute atomic E-state index is 0.112. The van der Waals surface area contributed by atoms with Gasteiger partial charge in [-0.25, -0.2) is 4.39 Å². The molecule has 1 N–H and O–H groups in total. The Hall–Kier alpha value is -3.67. The molecule has 5 nitrogen and oxygen atoms in total. The molecule has 0 bridgehead atoms. The average molecular weight is 475 g/mol. The largest absolute Gasteiger partial charge is 0.481 e. The van der Waals surface area contributed by atoms with Crippen molar-refractivity contribution < 1.29 is 18.7 Å². The molecule has 3 aromatic rings. The van der Waals surface area contributed by atoms with E-state index < -0.39 is 6.10 Å². The van der Waals surface area contributed by atoms with E-state index in [4.69, 9.17) is 4.74 Å². The van der Waals surface area contributed by atoms with Crippen molar-refractivity contribution in [3.8, 4) is 5.75 Å². The van der Waals surface area contributed by atoms with Gasteiger partial charge in [0.05, 0.1) is 6.04 Å². The number of hydrogen-bond acceptors (Lipinski definition) is 3. The molecule has 1 aliphatic rings. The van der Waals surface area contributed by atoms with E-state index in [0.29, 0.717) is 25.3 Å². The fraction of sp³-hybridized carbons (Fsp3) is 0.310. The molecule has 0 saturated heterocycles. The van der Waals surface area contributed by atoms with Crippen LogP contribution in [0.25, 0.3) is 0 Å². The number of hydrogen-bond donors (Lipinski definition) is 1.